The molecule has 2 rings (SSSR count). The van der Waals surface area contributed by atoms with E-state index in [9.17, 15) is 0 Å². The first kappa shape index (κ1) is 19.6. The minimum atomic E-state index is -2.11. The highest BCUT2D eigenvalue weighted by atomic mass is 28.5. The summed E-state index contributed by atoms with van der Waals surface area (Å²) >= 11 is 0. The van der Waals surface area contributed by atoms with E-state index in [1.807, 2.05) is 0 Å². The first-order valence-electron chi connectivity index (χ1n) is 9.92. The van der Waals surface area contributed by atoms with Crippen molar-refractivity contribution in [2.24, 2.45) is 0 Å². The predicted molar refractivity (Wildman–Crippen MR) is 101 cm³/mol. The van der Waals surface area contributed by atoms with Crippen LogP contribution in [0, 0.1) is 0 Å². The summed E-state index contributed by atoms with van der Waals surface area (Å²) < 4.78 is 19.5. The molecule has 2 fully saturated rings. The third-order valence-corrected chi connectivity index (χ3v) is 10.7. The van der Waals surface area contributed by atoms with Gasteiger partial charge in [-0.3, -0.25) is 0 Å². The second kappa shape index (κ2) is 9.13. The van der Waals surface area contributed by atoms with Crippen LogP contribution in [0.1, 0.15) is 77.0 Å². The molecule has 0 aromatic carbocycles. The summed E-state index contributed by atoms with van der Waals surface area (Å²) in [5.41, 5.74) is 0. The standard InChI is InChI=1S/C18H38O3Si2/c1-22(2,19-17-13-9-5-6-10-14-17)21-23(3,4)20-18-15-11-7-8-12-16-18/h17-18H,5-16H2,1-4H3. The van der Waals surface area contributed by atoms with Crippen molar-refractivity contribution in [3.63, 3.8) is 0 Å². The first-order valence-corrected chi connectivity index (χ1v) is 15.6. The molecule has 0 aromatic rings. The van der Waals surface area contributed by atoms with E-state index in [0.717, 1.165) is 0 Å². The summed E-state index contributed by atoms with van der Waals surface area (Å²) in [6.45, 7) is 8.85. The Morgan fingerprint density at radius 1 is 0.522 bits per heavy atom. The molecular formula is C18H38O3Si2. The zero-order valence-electron chi connectivity index (χ0n) is 15.9. The third-order valence-electron chi connectivity index (χ3n) is 5.00. The lowest BCUT2D eigenvalue weighted by atomic mass is 10.2. The van der Waals surface area contributed by atoms with Gasteiger partial charge in [-0.2, -0.15) is 0 Å². The molecule has 136 valence electrons. The van der Waals surface area contributed by atoms with Crippen molar-refractivity contribution in [1.29, 1.82) is 0 Å². The average Bonchev–Trinajstić information content (AvgIpc) is 2.81. The molecule has 2 saturated carbocycles. The molecule has 5 heteroatoms. The van der Waals surface area contributed by atoms with Crippen LogP contribution >= 0.6 is 0 Å². The molecule has 23 heavy (non-hydrogen) atoms. The molecule has 0 bridgehead atoms. The third kappa shape index (κ3) is 7.82. The zero-order valence-corrected chi connectivity index (χ0v) is 17.9. The van der Waals surface area contributed by atoms with Gasteiger partial charge in [0.05, 0.1) is 0 Å². The fourth-order valence-corrected chi connectivity index (χ4v) is 11.4. The lowest BCUT2D eigenvalue weighted by Gasteiger charge is -2.37. The van der Waals surface area contributed by atoms with E-state index in [1.165, 1.54) is 77.0 Å². The molecule has 0 heterocycles. The van der Waals surface area contributed by atoms with Crippen LogP contribution in [0.4, 0.5) is 0 Å². The molecular weight excluding hydrogens is 320 g/mol. The van der Waals surface area contributed by atoms with Crippen LogP contribution in [0.2, 0.25) is 26.2 Å². The largest absolute Gasteiger partial charge is 0.415 e. The van der Waals surface area contributed by atoms with Crippen LogP contribution in [0.25, 0.3) is 0 Å². The van der Waals surface area contributed by atoms with E-state index in [1.54, 1.807) is 0 Å². The molecule has 0 saturated heterocycles. The highest BCUT2D eigenvalue weighted by Gasteiger charge is 2.39. The molecule has 3 nitrogen and oxygen atoms in total. The van der Waals surface area contributed by atoms with Crippen molar-refractivity contribution in [2.75, 3.05) is 0 Å². The summed E-state index contributed by atoms with van der Waals surface area (Å²) in [5.74, 6) is 0. The minimum absolute atomic E-state index is 0.418. The maximum atomic E-state index is 6.55. The topological polar surface area (TPSA) is 27.7 Å². The monoisotopic (exact) mass is 358 g/mol. The molecule has 0 spiro atoms. The van der Waals surface area contributed by atoms with Gasteiger partial charge in [0, 0.05) is 12.2 Å². The zero-order chi connectivity index (χ0) is 16.8. The van der Waals surface area contributed by atoms with Crippen LogP contribution < -0.4 is 0 Å². The number of hydrogen-bond donors (Lipinski definition) is 0. The quantitative estimate of drug-likeness (QED) is 0.438. The van der Waals surface area contributed by atoms with Gasteiger partial charge in [0.15, 0.2) is 0 Å². The van der Waals surface area contributed by atoms with Gasteiger partial charge in [0.2, 0.25) is 0 Å². The molecule has 2 aliphatic rings. The van der Waals surface area contributed by atoms with Crippen molar-refractivity contribution >= 4 is 17.1 Å². The van der Waals surface area contributed by atoms with Gasteiger partial charge in [-0.25, -0.2) is 0 Å². The second-order valence-corrected chi connectivity index (χ2v) is 15.3. The predicted octanol–water partition coefficient (Wildman–Crippen LogP) is 5.89. The van der Waals surface area contributed by atoms with E-state index in [2.05, 4.69) is 26.2 Å². The Labute approximate surface area is 146 Å². The van der Waals surface area contributed by atoms with E-state index >= 15 is 0 Å². The molecule has 0 unspecified atom stereocenters. The lowest BCUT2D eigenvalue weighted by molar-refractivity contribution is 0.105. The van der Waals surface area contributed by atoms with Crippen LogP contribution in [0.5, 0.6) is 0 Å². The number of rotatable bonds is 6. The molecule has 0 aliphatic heterocycles. The van der Waals surface area contributed by atoms with Gasteiger partial charge in [-0.15, -0.1) is 0 Å². The smallest absolute Gasteiger partial charge is 0.323 e. The van der Waals surface area contributed by atoms with Crippen LogP contribution in [-0.4, -0.2) is 29.3 Å². The molecule has 2 aliphatic carbocycles. The van der Waals surface area contributed by atoms with Crippen LogP contribution in [-0.2, 0) is 13.0 Å². The molecule has 0 aromatic heterocycles. The van der Waals surface area contributed by atoms with Gasteiger partial charge >= 0.3 is 17.1 Å². The van der Waals surface area contributed by atoms with Crippen molar-refractivity contribution < 1.29 is 13.0 Å². The maximum Gasteiger partial charge on any atom is 0.323 e. The lowest BCUT2D eigenvalue weighted by Crippen LogP contribution is -2.51. The Morgan fingerprint density at radius 3 is 1.13 bits per heavy atom. The fraction of sp³-hybridized carbons (Fsp3) is 1.00. The van der Waals surface area contributed by atoms with Crippen molar-refractivity contribution in [3.8, 4) is 0 Å². The first-order chi connectivity index (χ1) is 10.9. The Morgan fingerprint density at radius 2 is 0.826 bits per heavy atom. The summed E-state index contributed by atoms with van der Waals surface area (Å²) in [6, 6.07) is 0. The van der Waals surface area contributed by atoms with E-state index in [4.69, 9.17) is 13.0 Å². The maximum absolute atomic E-state index is 6.55. The van der Waals surface area contributed by atoms with Crippen molar-refractivity contribution in [3.05, 3.63) is 0 Å². The van der Waals surface area contributed by atoms with Gasteiger partial charge in [0.1, 0.15) is 0 Å². The Kier molecular flexibility index (Phi) is 7.80. The van der Waals surface area contributed by atoms with Gasteiger partial charge in [-0.1, -0.05) is 51.4 Å². The minimum Gasteiger partial charge on any atom is -0.415 e. The van der Waals surface area contributed by atoms with Crippen LogP contribution in [0.3, 0.4) is 0 Å². The average molecular weight is 359 g/mol. The molecule has 0 atom stereocenters. The van der Waals surface area contributed by atoms with E-state index in [-0.39, 0.29) is 0 Å². The fourth-order valence-electron chi connectivity index (χ4n) is 4.16. The molecule has 0 N–H and O–H groups in total. The highest BCUT2D eigenvalue weighted by Crippen LogP contribution is 2.28. The van der Waals surface area contributed by atoms with Gasteiger partial charge in [-0.05, 0) is 51.9 Å². The second-order valence-electron chi connectivity index (χ2n) is 8.36. The van der Waals surface area contributed by atoms with Crippen LogP contribution in [0.15, 0.2) is 0 Å². The summed E-state index contributed by atoms with van der Waals surface area (Å²) in [5, 5.41) is 0. The SMILES string of the molecule is C[Si](C)(OC1CCCCCC1)O[Si](C)(C)OC1CCCCCC1. The van der Waals surface area contributed by atoms with Crippen molar-refractivity contribution in [2.45, 2.75) is 115 Å². The Balaban J connectivity index is 1.83. The molecule has 0 amide bonds. The van der Waals surface area contributed by atoms with Gasteiger partial charge in [0.25, 0.3) is 0 Å². The Hall–Kier alpha value is 0.314. The van der Waals surface area contributed by atoms with Crippen molar-refractivity contribution in [1.82, 2.24) is 0 Å². The van der Waals surface area contributed by atoms with E-state index < -0.39 is 17.1 Å². The van der Waals surface area contributed by atoms with E-state index in [0.29, 0.717) is 12.2 Å². The summed E-state index contributed by atoms with van der Waals surface area (Å²) in [7, 11) is -4.22. The molecule has 0 radical (unpaired) electrons. The highest BCUT2D eigenvalue weighted by molar-refractivity contribution is 6.78. The normalized spacial score (nSPS) is 23.5. The summed E-state index contributed by atoms with van der Waals surface area (Å²) in [4.78, 5) is 0. The Bertz CT molecular complexity index is 299. The number of hydrogen-bond acceptors (Lipinski definition) is 3. The van der Waals surface area contributed by atoms with Gasteiger partial charge < -0.3 is 13.0 Å². The summed E-state index contributed by atoms with van der Waals surface area (Å²) in [6.07, 6.45) is 16.4.